The van der Waals surface area contributed by atoms with Crippen LogP contribution in [0, 0.1) is 28.6 Å². The highest BCUT2D eigenvalue weighted by molar-refractivity contribution is 5.47. The standard InChI is InChI=1S/C12H16/c1-7-10-9-5-6-11(7,3)8(2)12(9,10)4/h5-6,8-10H,1H2,2-4H3. The Hall–Kier alpha value is -0.520. The van der Waals surface area contributed by atoms with Crippen molar-refractivity contribution in [3.63, 3.8) is 0 Å². The van der Waals surface area contributed by atoms with Crippen LogP contribution in [0.25, 0.3) is 0 Å². The van der Waals surface area contributed by atoms with Crippen LogP contribution in [0.15, 0.2) is 24.3 Å². The second-order valence-corrected chi connectivity index (χ2v) is 5.26. The smallest absolute Gasteiger partial charge is 0.00943 e. The molecule has 0 aromatic carbocycles. The molecular weight excluding hydrogens is 144 g/mol. The molecule has 0 N–H and O–H groups in total. The van der Waals surface area contributed by atoms with E-state index in [2.05, 4.69) is 39.5 Å². The molecule has 0 nitrogen and oxygen atoms in total. The van der Waals surface area contributed by atoms with Gasteiger partial charge >= 0.3 is 0 Å². The van der Waals surface area contributed by atoms with Crippen molar-refractivity contribution < 1.29 is 0 Å². The summed E-state index contributed by atoms with van der Waals surface area (Å²) in [5.41, 5.74) is 2.42. The third-order valence-electron chi connectivity index (χ3n) is 5.19. The molecule has 4 aliphatic rings. The third kappa shape index (κ3) is 0.396. The van der Waals surface area contributed by atoms with E-state index in [-0.39, 0.29) is 0 Å². The maximum atomic E-state index is 4.28. The zero-order valence-electron chi connectivity index (χ0n) is 8.09. The van der Waals surface area contributed by atoms with Gasteiger partial charge < -0.3 is 0 Å². The van der Waals surface area contributed by atoms with Gasteiger partial charge in [0.1, 0.15) is 0 Å². The fourth-order valence-electron chi connectivity index (χ4n) is 3.85. The molecule has 0 aromatic heterocycles. The third-order valence-corrected chi connectivity index (χ3v) is 5.19. The van der Waals surface area contributed by atoms with Crippen LogP contribution in [-0.4, -0.2) is 0 Å². The lowest BCUT2D eigenvalue weighted by Crippen LogP contribution is -2.30. The molecule has 0 spiro atoms. The normalized spacial score (nSPS) is 65.6. The molecule has 5 unspecified atom stereocenters. The fourth-order valence-corrected chi connectivity index (χ4v) is 3.85. The summed E-state index contributed by atoms with van der Waals surface area (Å²) in [6.45, 7) is 11.5. The van der Waals surface area contributed by atoms with Gasteiger partial charge in [-0.15, -0.1) is 0 Å². The first-order valence-electron chi connectivity index (χ1n) is 4.91. The Balaban J connectivity index is 2.26. The summed E-state index contributed by atoms with van der Waals surface area (Å²) >= 11 is 0. The predicted octanol–water partition coefficient (Wildman–Crippen LogP) is 3.02. The Kier molecular flexibility index (Phi) is 0.839. The maximum absolute atomic E-state index is 4.28. The van der Waals surface area contributed by atoms with E-state index in [1.165, 1.54) is 5.57 Å². The molecule has 4 aliphatic carbocycles. The Morgan fingerprint density at radius 3 is 2.42 bits per heavy atom. The Morgan fingerprint density at radius 2 is 2.08 bits per heavy atom. The Bertz CT molecular complexity index is 312. The molecule has 0 radical (unpaired) electrons. The van der Waals surface area contributed by atoms with E-state index in [1.807, 2.05) is 0 Å². The number of rotatable bonds is 0. The summed E-state index contributed by atoms with van der Waals surface area (Å²) in [6.07, 6.45) is 4.83. The molecular formula is C12H16. The molecule has 12 heavy (non-hydrogen) atoms. The molecule has 2 saturated carbocycles. The first-order valence-corrected chi connectivity index (χ1v) is 4.91. The lowest BCUT2D eigenvalue weighted by atomic mass is 9.66. The summed E-state index contributed by atoms with van der Waals surface area (Å²) in [6, 6.07) is 0. The van der Waals surface area contributed by atoms with Crippen LogP contribution in [0.5, 0.6) is 0 Å². The molecule has 0 saturated heterocycles. The van der Waals surface area contributed by atoms with Crippen molar-refractivity contribution in [3.05, 3.63) is 24.3 Å². The minimum Gasteiger partial charge on any atom is -0.0987 e. The van der Waals surface area contributed by atoms with Crippen LogP contribution < -0.4 is 0 Å². The van der Waals surface area contributed by atoms with E-state index in [1.54, 1.807) is 0 Å². The minimum atomic E-state index is 0.328. The lowest BCUT2D eigenvalue weighted by Gasteiger charge is -2.37. The van der Waals surface area contributed by atoms with E-state index in [0.29, 0.717) is 10.8 Å². The van der Waals surface area contributed by atoms with Crippen molar-refractivity contribution in [2.75, 3.05) is 0 Å². The average Bonchev–Trinajstić information content (AvgIpc) is 2.61. The summed E-state index contributed by atoms with van der Waals surface area (Å²) in [5.74, 6) is 2.46. The van der Waals surface area contributed by atoms with Crippen LogP contribution in [0.2, 0.25) is 0 Å². The molecule has 0 aromatic rings. The van der Waals surface area contributed by atoms with Crippen LogP contribution in [0.4, 0.5) is 0 Å². The van der Waals surface area contributed by atoms with Crippen LogP contribution in [0.1, 0.15) is 20.8 Å². The molecule has 5 atom stereocenters. The van der Waals surface area contributed by atoms with Gasteiger partial charge in [-0.05, 0) is 23.2 Å². The lowest BCUT2D eigenvalue weighted by molar-refractivity contribution is 0.232. The van der Waals surface area contributed by atoms with E-state index in [0.717, 1.165) is 17.8 Å². The van der Waals surface area contributed by atoms with E-state index >= 15 is 0 Å². The van der Waals surface area contributed by atoms with Crippen LogP contribution >= 0.6 is 0 Å². The molecule has 4 rings (SSSR count). The van der Waals surface area contributed by atoms with Gasteiger partial charge in [-0.2, -0.15) is 0 Å². The van der Waals surface area contributed by atoms with Gasteiger partial charge in [-0.25, -0.2) is 0 Å². The van der Waals surface area contributed by atoms with E-state index in [9.17, 15) is 0 Å². The first-order chi connectivity index (χ1) is 5.53. The van der Waals surface area contributed by atoms with Crippen molar-refractivity contribution in [3.8, 4) is 0 Å². The number of hydrogen-bond acceptors (Lipinski definition) is 0. The molecule has 2 fully saturated rings. The van der Waals surface area contributed by atoms with Gasteiger partial charge in [-0.1, -0.05) is 45.1 Å². The van der Waals surface area contributed by atoms with E-state index < -0.39 is 0 Å². The molecule has 0 heterocycles. The summed E-state index contributed by atoms with van der Waals surface area (Å²) in [4.78, 5) is 0. The minimum absolute atomic E-state index is 0.328. The van der Waals surface area contributed by atoms with Crippen LogP contribution in [-0.2, 0) is 0 Å². The number of hydrogen-bond donors (Lipinski definition) is 0. The molecule has 64 valence electrons. The number of allylic oxidation sites excluding steroid dienone is 3. The summed E-state index contributed by atoms with van der Waals surface area (Å²) in [7, 11) is 0. The van der Waals surface area contributed by atoms with Gasteiger partial charge in [0.2, 0.25) is 0 Å². The van der Waals surface area contributed by atoms with Crippen molar-refractivity contribution in [1.82, 2.24) is 0 Å². The zero-order valence-corrected chi connectivity index (χ0v) is 8.09. The molecule has 0 heteroatoms. The van der Waals surface area contributed by atoms with Gasteiger partial charge in [-0.3, -0.25) is 0 Å². The largest absolute Gasteiger partial charge is 0.0987 e. The zero-order chi connectivity index (χ0) is 8.72. The fraction of sp³-hybridized carbons (Fsp3) is 0.667. The van der Waals surface area contributed by atoms with Gasteiger partial charge in [0.25, 0.3) is 0 Å². The molecule has 4 bridgehead atoms. The molecule has 0 aliphatic heterocycles. The summed E-state index contributed by atoms with van der Waals surface area (Å²) in [5, 5.41) is 0. The Morgan fingerprint density at radius 1 is 1.42 bits per heavy atom. The van der Waals surface area contributed by atoms with Crippen molar-refractivity contribution in [2.24, 2.45) is 28.6 Å². The predicted molar refractivity (Wildman–Crippen MR) is 50.6 cm³/mol. The quantitative estimate of drug-likeness (QED) is 0.478. The summed E-state index contributed by atoms with van der Waals surface area (Å²) < 4.78 is 0. The second-order valence-electron chi connectivity index (χ2n) is 5.26. The highest BCUT2D eigenvalue weighted by Gasteiger charge is 2.75. The second kappa shape index (κ2) is 1.45. The highest BCUT2D eigenvalue weighted by Crippen LogP contribution is 2.80. The monoisotopic (exact) mass is 160 g/mol. The van der Waals surface area contributed by atoms with Crippen molar-refractivity contribution in [2.45, 2.75) is 20.8 Å². The SMILES string of the molecule is C=C1C2C3C=CC1(C)C(C)C32C. The topological polar surface area (TPSA) is 0 Å². The van der Waals surface area contributed by atoms with Gasteiger partial charge in [0, 0.05) is 5.41 Å². The average molecular weight is 160 g/mol. The van der Waals surface area contributed by atoms with E-state index in [4.69, 9.17) is 0 Å². The van der Waals surface area contributed by atoms with Crippen LogP contribution in [0.3, 0.4) is 0 Å². The van der Waals surface area contributed by atoms with Crippen molar-refractivity contribution in [1.29, 1.82) is 0 Å². The van der Waals surface area contributed by atoms with Gasteiger partial charge in [0.05, 0.1) is 0 Å². The first kappa shape index (κ1) is 6.94. The highest BCUT2D eigenvalue weighted by atomic mass is 14.8. The van der Waals surface area contributed by atoms with Crippen molar-refractivity contribution >= 4 is 0 Å². The van der Waals surface area contributed by atoms with Gasteiger partial charge in [0.15, 0.2) is 0 Å². The maximum Gasteiger partial charge on any atom is 0.00943 e. The molecule has 0 amide bonds. The Labute approximate surface area is 74.4 Å².